The van der Waals surface area contributed by atoms with Crippen LogP contribution >= 0.6 is 35.6 Å². The maximum absolute atomic E-state index is 13.7. The number of rotatable bonds is 5. The summed E-state index contributed by atoms with van der Waals surface area (Å²) in [5, 5.41) is 3.93. The molecule has 0 aliphatic rings. The van der Waals surface area contributed by atoms with Gasteiger partial charge in [0.25, 0.3) is 0 Å². The van der Waals surface area contributed by atoms with Gasteiger partial charge in [-0.05, 0) is 23.8 Å². The molecule has 1 N–H and O–H groups in total. The lowest BCUT2D eigenvalue weighted by Crippen LogP contribution is -2.38. The third-order valence-corrected chi connectivity index (χ3v) is 3.92. The average Bonchev–Trinajstić information content (AvgIpc) is 2.85. The molecule has 0 atom stereocenters. The number of nitrogens with zero attached hydrogens (tertiary/aromatic N) is 3. The summed E-state index contributed by atoms with van der Waals surface area (Å²) in [6.45, 7) is 1.12. The Morgan fingerprint density at radius 3 is 2.64 bits per heavy atom. The Kier molecular flexibility index (Phi) is 8.51. The van der Waals surface area contributed by atoms with Crippen molar-refractivity contribution in [3.05, 3.63) is 52.6 Å². The fourth-order valence-electron chi connectivity index (χ4n) is 2.43. The molecule has 1 aromatic carbocycles. The lowest BCUT2D eigenvalue weighted by Gasteiger charge is -2.22. The van der Waals surface area contributed by atoms with Crippen molar-refractivity contribution in [1.29, 1.82) is 0 Å². The SMILES string of the molecule is CN=C(NCc1ccc(OC)c(F)c1)N(C)Cc1cc(Cl)cn1C.I. The minimum absolute atomic E-state index is 0. The minimum Gasteiger partial charge on any atom is -0.494 e. The van der Waals surface area contributed by atoms with Crippen molar-refractivity contribution in [2.24, 2.45) is 12.0 Å². The van der Waals surface area contributed by atoms with E-state index < -0.39 is 0 Å². The van der Waals surface area contributed by atoms with Crippen LogP contribution in [-0.2, 0) is 20.1 Å². The van der Waals surface area contributed by atoms with Gasteiger partial charge >= 0.3 is 0 Å². The molecule has 0 aliphatic heterocycles. The first-order valence-electron chi connectivity index (χ1n) is 7.49. The molecule has 0 saturated carbocycles. The van der Waals surface area contributed by atoms with Gasteiger partial charge in [-0.25, -0.2) is 4.39 Å². The summed E-state index contributed by atoms with van der Waals surface area (Å²) in [5.74, 6) is 0.572. The van der Waals surface area contributed by atoms with Crippen molar-refractivity contribution in [3.63, 3.8) is 0 Å². The number of guanidine groups is 1. The van der Waals surface area contributed by atoms with Gasteiger partial charge in [-0.15, -0.1) is 24.0 Å². The standard InChI is InChI=1S/C17H22ClFN4O.HI/c1-20-17(23(3)11-14-8-13(18)10-22(14)2)21-9-12-5-6-16(24-4)15(19)7-12;/h5-8,10H,9,11H2,1-4H3,(H,20,21);1H. The Bertz CT molecular complexity index is 735. The van der Waals surface area contributed by atoms with Crippen LogP contribution < -0.4 is 10.1 Å². The van der Waals surface area contributed by atoms with Gasteiger partial charge in [-0.1, -0.05) is 17.7 Å². The van der Waals surface area contributed by atoms with E-state index >= 15 is 0 Å². The van der Waals surface area contributed by atoms with E-state index in [1.807, 2.05) is 41.9 Å². The molecule has 0 spiro atoms. The molecule has 0 aliphatic carbocycles. The number of hydrogen-bond acceptors (Lipinski definition) is 2. The van der Waals surface area contributed by atoms with Crippen molar-refractivity contribution in [1.82, 2.24) is 14.8 Å². The average molecular weight is 481 g/mol. The molecular weight excluding hydrogens is 458 g/mol. The minimum atomic E-state index is -0.376. The highest BCUT2D eigenvalue weighted by Crippen LogP contribution is 2.18. The van der Waals surface area contributed by atoms with Crippen molar-refractivity contribution < 1.29 is 9.13 Å². The Hall–Kier alpha value is -1.48. The predicted octanol–water partition coefficient (Wildman–Crippen LogP) is 3.65. The molecule has 138 valence electrons. The molecule has 1 aromatic heterocycles. The number of halogens is 3. The Morgan fingerprint density at radius 1 is 1.40 bits per heavy atom. The maximum Gasteiger partial charge on any atom is 0.194 e. The van der Waals surface area contributed by atoms with E-state index in [1.165, 1.54) is 13.2 Å². The summed E-state index contributed by atoms with van der Waals surface area (Å²) in [4.78, 5) is 6.24. The maximum atomic E-state index is 13.7. The molecule has 0 radical (unpaired) electrons. The molecule has 0 bridgehead atoms. The quantitative estimate of drug-likeness (QED) is 0.404. The van der Waals surface area contributed by atoms with Crippen LogP contribution in [0.4, 0.5) is 4.39 Å². The summed E-state index contributed by atoms with van der Waals surface area (Å²) in [5.41, 5.74) is 1.88. The van der Waals surface area contributed by atoms with Crippen molar-refractivity contribution in [2.75, 3.05) is 21.2 Å². The van der Waals surface area contributed by atoms with Crippen molar-refractivity contribution in [3.8, 4) is 5.75 Å². The number of aryl methyl sites for hydroxylation is 1. The zero-order valence-corrected chi connectivity index (χ0v) is 17.8. The largest absolute Gasteiger partial charge is 0.494 e. The number of hydrogen-bond donors (Lipinski definition) is 1. The molecule has 0 fully saturated rings. The van der Waals surface area contributed by atoms with Gasteiger partial charge < -0.3 is 19.5 Å². The molecular formula is C17H23ClFIN4O. The second-order valence-corrected chi connectivity index (χ2v) is 5.92. The first kappa shape index (κ1) is 21.6. The zero-order valence-electron chi connectivity index (χ0n) is 14.7. The van der Waals surface area contributed by atoms with Gasteiger partial charge in [0.1, 0.15) is 0 Å². The van der Waals surface area contributed by atoms with Crippen LogP contribution in [0.3, 0.4) is 0 Å². The van der Waals surface area contributed by atoms with Gasteiger partial charge in [0.15, 0.2) is 17.5 Å². The molecule has 25 heavy (non-hydrogen) atoms. The molecule has 0 unspecified atom stereocenters. The molecule has 2 aromatic rings. The summed E-state index contributed by atoms with van der Waals surface area (Å²) in [6.07, 6.45) is 1.86. The van der Waals surface area contributed by atoms with Gasteiger partial charge in [0.2, 0.25) is 0 Å². The topological polar surface area (TPSA) is 41.8 Å². The highest BCUT2D eigenvalue weighted by Gasteiger charge is 2.10. The molecule has 2 rings (SSSR count). The van der Waals surface area contributed by atoms with Gasteiger partial charge in [0, 0.05) is 39.6 Å². The summed E-state index contributed by atoms with van der Waals surface area (Å²) in [6, 6.07) is 6.81. The Balaban J connectivity index is 0.00000312. The van der Waals surface area contributed by atoms with E-state index in [0.717, 1.165) is 11.3 Å². The highest BCUT2D eigenvalue weighted by molar-refractivity contribution is 14.0. The van der Waals surface area contributed by atoms with E-state index in [4.69, 9.17) is 16.3 Å². The van der Waals surface area contributed by atoms with Crippen LogP contribution in [0.1, 0.15) is 11.3 Å². The monoisotopic (exact) mass is 480 g/mol. The van der Waals surface area contributed by atoms with Crippen LogP contribution in [0, 0.1) is 5.82 Å². The van der Waals surface area contributed by atoms with Crippen molar-refractivity contribution in [2.45, 2.75) is 13.1 Å². The molecule has 8 heteroatoms. The molecule has 0 saturated heterocycles. The second-order valence-electron chi connectivity index (χ2n) is 5.49. The normalized spacial score (nSPS) is 11.0. The van der Waals surface area contributed by atoms with Crippen LogP contribution in [0.25, 0.3) is 0 Å². The van der Waals surface area contributed by atoms with E-state index in [1.54, 1.807) is 13.1 Å². The second kappa shape index (κ2) is 9.86. The van der Waals surface area contributed by atoms with Gasteiger partial charge in [0.05, 0.1) is 18.7 Å². The van der Waals surface area contributed by atoms with E-state index in [2.05, 4.69) is 10.3 Å². The van der Waals surface area contributed by atoms with Crippen LogP contribution in [-0.4, -0.2) is 36.6 Å². The lowest BCUT2D eigenvalue weighted by molar-refractivity contribution is 0.386. The fraction of sp³-hybridized carbons (Fsp3) is 0.353. The summed E-state index contributed by atoms with van der Waals surface area (Å²) >= 11 is 6.01. The summed E-state index contributed by atoms with van der Waals surface area (Å²) in [7, 11) is 7.05. The third kappa shape index (κ3) is 5.78. The van der Waals surface area contributed by atoms with E-state index in [9.17, 15) is 4.39 Å². The van der Waals surface area contributed by atoms with Crippen LogP contribution in [0.15, 0.2) is 35.5 Å². The van der Waals surface area contributed by atoms with Crippen LogP contribution in [0.5, 0.6) is 5.75 Å². The number of aliphatic imine (C=N–C) groups is 1. The smallest absolute Gasteiger partial charge is 0.194 e. The number of ether oxygens (including phenoxy) is 1. The lowest BCUT2D eigenvalue weighted by atomic mass is 10.2. The Labute approximate surface area is 169 Å². The fourth-order valence-corrected chi connectivity index (χ4v) is 2.70. The first-order chi connectivity index (χ1) is 11.4. The first-order valence-corrected chi connectivity index (χ1v) is 7.87. The molecule has 0 amide bonds. The molecule has 1 heterocycles. The van der Waals surface area contributed by atoms with E-state index in [-0.39, 0.29) is 35.5 Å². The molecule has 5 nitrogen and oxygen atoms in total. The Morgan fingerprint density at radius 2 is 2.12 bits per heavy atom. The zero-order chi connectivity index (χ0) is 17.7. The predicted molar refractivity (Wildman–Crippen MR) is 110 cm³/mol. The van der Waals surface area contributed by atoms with Gasteiger partial charge in [-0.3, -0.25) is 4.99 Å². The summed E-state index contributed by atoms with van der Waals surface area (Å²) < 4.78 is 20.6. The van der Waals surface area contributed by atoms with Gasteiger partial charge in [-0.2, -0.15) is 0 Å². The van der Waals surface area contributed by atoms with Crippen molar-refractivity contribution >= 4 is 41.5 Å². The number of methoxy groups -OCH3 is 1. The number of aromatic nitrogens is 1. The number of benzene rings is 1. The highest BCUT2D eigenvalue weighted by atomic mass is 127. The van der Waals surface area contributed by atoms with Crippen LogP contribution in [0.2, 0.25) is 5.02 Å². The van der Waals surface area contributed by atoms with E-state index in [0.29, 0.717) is 24.1 Å². The number of nitrogens with one attached hydrogen (secondary N) is 1. The third-order valence-electron chi connectivity index (χ3n) is 3.71.